The molecule has 1 unspecified atom stereocenters. The molecule has 1 heterocycles. The van der Waals surface area contributed by atoms with Gasteiger partial charge in [-0.25, -0.2) is 4.39 Å². The Morgan fingerprint density at radius 2 is 2.24 bits per heavy atom. The van der Waals surface area contributed by atoms with Gasteiger partial charge < -0.3 is 10.6 Å². The van der Waals surface area contributed by atoms with Crippen LogP contribution in [0.15, 0.2) is 22.7 Å². The van der Waals surface area contributed by atoms with Gasteiger partial charge in [-0.3, -0.25) is 9.59 Å². The highest BCUT2D eigenvalue weighted by Crippen LogP contribution is 2.28. The van der Waals surface area contributed by atoms with Crippen LogP contribution in [0.5, 0.6) is 0 Å². The Morgan fingerprint density at radius 3 is 2.76 bits per heavy atom. The van der Waals surface area contributed by atoms with Crippen LogP contribution >= 0.6 is 15.9 Å². The van der Waals surface area contributed by atoms with E-state index in [9.17, 15) is 14.0 Å². The second-order valence-corrected chi connectivity index (χ2v) is 4.82. The second kappa shape index (κ2) is 4.44. The minimum absolute atomic E-state index is 0.0465. The van der Waals surface area contributed by atoms with Crippen LogP contribution in [0.2, 0.25) is 0 Å². The number of hydrogen-bond acceptors (Lipinski definition) is 2. The van der Waals surface area contributed by atoms with E-state index in [4.69, 9.17) is 5.73 Å². The average molecular weight is 301 g/mol. The molecule has 0 saturated carbocycles. The van der Waals surface area contributed by atoms with Crippen molar-refractivity contribution >= 4 is 33.4 Å². The molecule has 2 N–H and O–H groups in total. The number of nitrogens with two attached hydrogens (primary N) is 1. The lowest BCUT2D eigenvalue weighted by Gasteiger charge is -2.17. The number of carbonyl (C=O) groups is 2. The number of nitrogens with zero attached hydrogens (tertiary/aromatic N) is 1. The number of carbonyl (C=O) groups excluding carboxylic acids is 2. The van der Waals surface area contributed by atoms with Crippen molar-refractivity contribution in [2.24, 2.45) is 11.7 Å². The Bertz CT molecular complexity index is 492. The molecule has 0 aliphatic carbocycles. The third-order valence-electron chi connectivity index (χ3n) is 2.73. The molecule has 2 amide bonds. The summed E-state index contributed by atoms with van der Waals surface area (Å²) in [5.74, 6) is -1.85. The topological polar surface area (TPSA) is 63.4 Å². The Hall–Kier alpha value is -1.43. The van der Waals surface area contributed by atoms with Crippen molar-refractivity contribution < 1.29 is 14.0 Å². The molecule has 2 rings (SSSR count). The van der Waals surface area contributed by atoms with Crippen molar-refractivity contribution in [1.82, 2.24) is 0 Å². The summed E-state index contributed by atoms with van der Waals surface area (Å²) < 4.78 is 14.3. The third-order valence-corrected chi connectivity index (χ3v) is 3.22. The summed E-state index contributed by atoms with van der Waals surface area (Å²) in [5, 5.41) is 0. The van der Waals surface area contributed by atoms with E-state index in [0.29, 0.717) is 4.47 Å². The maximum atomic E-state index is 13.7. The van der Waals surface area contributed by atoms with Crippen molar-refractivity contribution in [3.05, 3.63) is 28.5 Å². The fraction of sp³-hybridized carbons (Fsp3) is 0.273. The van der Waals surface area contributed by atoms with Gasteiger partial charge in [0.15, 0.2) is 0 Å². The van der Waals surface area contributed by atoms with E-state index in [1.54, 1.807) is 6.07 Å². The Balaban J connectivity index is 2.29. The Morgan fingerprint density at radius 1 is 1.53 bits per heavy atom. The molecule has 90 valence electrons. The lowest BCUT2D eigenvalue weighted by atomic mass is 10.1. The normalized spacial score (nSPS) is 19.8. The van der Waals surface area contributed by atoms with Crippen LogP contribution in [0.3, 0.4) is 0 Å². The van der Waals surface area contributed by atoms with Gasteiger partial charge in [0.05, 0.1) is 11.6 Å². The van der Waals surface area contributed by atoms with Crippen LogP contribution < -0.4 is 10.6 Å². The molecule has 1 aromatic carbocycles. The molecular weight excluding hydrogens is 291 g/mol. The zero-order chi connectivity index (χ0) is 12.6. The molecule has 0 bridgehead atoms. The quantitative estimate of drug-likeness (QED) is 0.898. The van der Waals surface area contributed by atoms with Crippen molar-refractivity contribution in [2.75, 3.05) is 11.4 Å². The first-order valence-electron chi connectivity index (χ1n) is 5.04. The summed E-state index contributed by atoms with van der Waals surface area (Å²) in [5.41, 5.74) is 5.33. The van der Waals surface area contributed by atoms with Gasteiger partial charge in [0, 0.05) is 17.4 Å². The fourth-order valence-corrected chi connectivity index (χ4v) is 2.16. The van der Waals surface area contributed by atoms with Gasteiger partial charge in [0.2, 0.25) is 11.8 Å². The average Bonchev–Trinajstić information content (AvgIpc) is 2.61. The zero-order valence-corrected chi connectivity index (χ0v) is 10.4. The van der Waals surface area contributed by atoms with Crippen LogP contribution in [-0.2, 0) is 9.59 Å². The predicted molar refractivity (Wildman–Crippen MR) is 63.8 cm³/mol. The van der Waals surface area contributed by atoms with Crippen molar-refractivity contribution in [1.29, 1.82) is 0 Å². The SMILES string of the molecule is NC(=O)C1CC(=O)N(c2ccc(Br)cc2F)C1. The number of primary amides is 1. The summed E-state index contributed by atoms with van der Waals surface area (Å²) in [6.07, 6.45) is 0.0465. The summed E-state index contributed by atoms with van der Waals surface area (Å²) in [6, 6.07) is 4.42. The van der Waals surface area contributed by atoms with Crippen LogP contribution in [0.1, 0.15) is 6.42 Å². The van der Waals surface area contributed by atoms with E-state index >= 15 is 0 Å². The molecule has 0 radical (unpaired) electrons. The minimum Gasteiger partial charge on any atom is -0.369 e. The summed E-state index contributed by atoms with van der Waals surface area (Å²) >= 11 is 3.14. The minimum atomic E-state index is -0.537. The molecule has 4 nitrogen and oxygen atoms in total. The monoisotopic (exact) mass is 300 g/mol. The first kappa shape index (κ1) is 12.0. The van der Waals surface area contributed by atoms with Crippen LogP contribution in [0.25, 0.3) is 0 Å². The summed E-state index contributed by atoms with van der Waals surface area (Å²) in [6.45, 7) is 0.146. The first-order valence-corrected chi connectivity index (χ1v) is 5.83. The first-order chi connectivity index (χ1) is 7.99. The van der Waals surface area contributed by atoms with Crippen LogP contribution in [0, 0.1) is 11.7 Å². The number of rotatable bonds is 2. The maximum absolute atomic E-state index is 13.7. The Labute approximate surface area is 106 Å². The highest BCUT2D eigenvalue weighted by atomic mass is 79.9. The molecule has 1 aliphatic rings. The molecule has 0 spiro atoms. The van der Waals surface area contributed by atoms with Gasteiger partial charge in [0.1, 0.15) is 5.82 Å². The molecule has 0 aromatic heterocycles. The van der Waals surface area contributed by atoms with Gasteiger partial charge in [-0.15, -0.1) is 0 Å². The van der Waals surface area contributed by atoms with Crippen LogP contribution in [0.4, 0.5) is 10.1 Å². The second-order valence-electron chi connectivity index (χ2n) is 3.90. The molecule has 1 aliphatic heterocycles. The van der Waals surface area contributed by atoms with Gasteiger partial charge in [-0.2, -0.15) is 0 Å². The largest absolute Gasteiger partial charge is 0.369 e. The number of amides is 2. The summed E-state index contributed by atoms with van der Waals surface area (Å²) in [7, 11) is 0. The maximum Gasteiger partial charge on any atom is 0.227 e. The van der Waals surface area contributed by atoms with Gasteiger partial charge >= 0.3 is 0 Å². The number of anilines is 1. The lowest BCUT2D eigenvalue weighted by Crippen LogP contribution is -2.28. The van der Waals surface area contributed by atoms with Crippen molar-refractivity contribution in [3.63, 3.8) is 0 Å². The van der Waals surface area contributed by atoms with Gasteiger partial charge in [-0.1, -0.05) is 15.9 Å². The lowest BCUT2D eigenvalue weighted by molar-refractivity contribution is -0.123. The smallest absolute Gasteiger partial charge is 0.227 e. The van der Waals surface area contributed by atoms with E-state index in [1.165, 1.54) is 17.0 Å². The van der Waals surface area contributed by atoms with Gasteiger partial charge in [0.25, 0.3) is 0 Å². The molecule has 1 atom stereocenters. The fourth-order valence-electron chi connectivity index (χ4n) is 1.83. The van der Waals surface area contributed by atoms with E-state index in [1.807, 2.05) is 0 Å². The van der Waals surface area contributed by atoms with Crippen molar-refractivity contribution in [3.8, 4) is 0 Å². The number of benzene rings is 1. The molecule has 1 saturated heterocycles. The third kappa shape index (κ3) is 2.31. The highest BCUT2D eigenvalue weighted by molar-refractivity contribution is 9.10. The van der Waals surface area contributed by atoms with E-state index < -0.39 is 17.6 Å². The molecule has 6 heteroatoms. The number of halogens is 2. The Kier molecular flexibility index (Phi) is 3.15. The van der Waals surface area contributed by atoms with Crippen LogP contribution in [-0.4, -0.2) is 18.4 Å². The molecular formula is C11H10BrFN2O2. The van der Waals surface area contributed by atoms with E-state index in [2.05, 4.69) is 15.9 Å². The molecule has 1 fully saturated rings. The van der Waals surface area contributed by atoms with E-state index in [-0.39, 0.29) is 24.6 Å². The standard InChI is InChI=1S/C11H10BrFN2O2/c12-7-1-2-9(8(13)4-7)15-5-6(11(14)17)3-10(15)16/h1-2,4,6H,3,5H2,(H2,14,17). The molecule has 17 heavy (non-hydrogen) atoms. The van der Waals surface area contributed by atoms with E-state index in [0.717, 1.165) is 0 Å². The zero-order valence-electron chi connectivity index (χ0n) is 8.82. The predicted octanol–water partition coefficient (Wildman–Crippen LogP) is 1.43. The number of hydrogen-bond donors (Lipinski definition) is 1. The van der Waals surface area contributed by atoms with Gasteiger partial charge in [-0.05, 0) is 18.2 Å². The van der Waals surface area contributed by atoms with Crippen molar-refractivity contribution in [2.45, 2.75) is 6.42 Å². The highest BCUT2D eigenvalue weighted by Gasteiger charge is 2.34. The molecule has 1 aromatic rings. The summed E-state index contributed by atoms with van der Waals surface area (Å²) in [4.78, 5) is 23.9.